The minimum absolute atomic E-state index is 0.0366. The van der Waals surface area contributed by atoms with E-state index in [1.54, 1.807) is 49.7 Å². The predicted octanol–water partition coefficient (Wildman–Crippen LogP) is 3.47. The lowest BCUT2D eigenvalue weighted by molar-refractivity contribution is -0.117. The van der Waals surface area contributed by atoms with Gasteiger partial charge < -0.3 is 14.8 Å². The SMILES string of the molecule is CCOC(=O)c1ccsc1NC(=O)CN1CCC(C(=O)c2ccc(OC)cc2)CC1. The van der Waals surface area contributed by atoms with Gasteiger partial charge in [-0.15, -0.1) is 11.3 Å². The number of ketones is 1. The summed E-state index contributed by atoms with van der Waals surface area (Å²) in [6, 6.07) is 8.82. The standard InChI is InChI=1S/C22H26N2O5S/c1-3-29-22(27)18-10-13-30-21(18)23-19(25)14-24-11-8-16(9-12-24)20(26)15-4-6-17(28-2)7-5-15/h4-7,10,13,16H,3,8-9,11-12,14H2,1-2H3,(H,23,25). The minimum Gasteiger partial charge on any atom is -0.497 e. The van der Waals surface area contributed by atoms with Crippen LogP contribution in [-0.2, 0) is 9.53 Å². The first kappa shape index (κ1) is 22.0. The number of ether oxygens (including phenoxy) is 2. The van der Waals surface area contributed by atoms with Crippen LogP contribution in [0.5, 0.6) is 5.75 Å². The monoisotopic (exact) mass is 430 g/mol. The number of thiophene rings is 1. The molecule has 0 spiro atoms. The van der Waals surface area contributed by atoms with E-state index >= 15 is 0 Å². The van der Waals surface area contributed by atoms with Crippen LogP contribution in [-0.4, -0.2) is 55.9 Å². The Kier molecular flexibility index (Phi) is 7.59. The average Bonchev–Trinajstić information content (AvgIpc) is 3.22. The van der Waals surface area contributed by atoms with E-state index in [-0.39, 0.29) is 30.8 Å². The van der Waals surface area contributed by atoms with E-state index < -0.39 is 5.97 Å². The number of rotatable bonds is 8. The minimum atomic E-state index is -0.438. The summed E-state index contributed by atoms with van der Waals surface area (Å²) in [5.74, 6) is 0.212. The number of amides is 1. The molecule has 1 N–H and O–H groups in total. The maximum absolute atomic E-state index is 12.7. The summed E-state index contributed by atoms with van der Waals surface area (Å²) in [5, 5.41) is 5.06. The van der Waals surface area contributed by atoms with Crippen LogP contribution in [0.3, 0.4) is 0 Å². The molecule has 2 heterocycles. The smallest absolute Gasteiger partial charge is 0.341 e. The largest absolute Gasteiger partial charge is 0.497 e. The molecule has 0 atom stereocenters. The second-order valence-corrected chi connectivity index (χ2v) is 7.99. The Labute approximate surface area is 180 Å². The highest BCUT2D eigenvalue weighted by molar-refractivity contribution is 7.14. The summed E-state index contributed by atoms with van der Waals surface area (Å²) >= 11 is 1.29. The Morgan fingerprint density at radius 2 is 1.83 bits per heavy atom. The van der Waals surface area contributed by atoms with Gasteiger partial charge in [-0.3, -0.25) is 14.5 Å². The molecule has 1 saturated heterocycles. The number of hydrogen-bond acceptors (Lipinski definition) is 7. The molecule has 30 heavy (non-hydrogen) atoms. The van der Waals surface area contributed by atoms with Crippen LogP contribution in [0.2, 0.25) is 0 Å². The molecule has 8 heteroatoms. The number of carbonyl (C=O) groups excluding carboxylic acids is 3. The molecule has 1 aliphatic heterocycles. The van der Waals surface area contributed by atoms with Crippen LogP contribution in [0.15, 0.2) is 35.7 Å². The Bertz CT molecular complexity index is 885. The second-order valence-electron chi connectivity index (χ2n) is 7.08. The fourth-order valence-electron chi connectivity index (χ4n) is 3.49. The number of likely N-dealkylation sites (tertiary alicyclic amines) is 1. The molecular formula is C22H26N2O5S. The van der Waals surface area contributed by atoms with Gasteiger partial charge >= 0.3 is 5.97 Å². The molecule has 7 nitrogen and oxygen atoms in total. The van der Waals surface area contributed by atoms with Gasteiger partial charge in [-0.05, 0) is 68.6 Å². The molecule has 0 radical (unpaired) electrons. The molecule has 1 aliphatic rings. The van der Waals surface area contributed by atoms with E-state index in [1.807, 2.05) is 4.90 Å². The highest BCUT2D eigenvalue weighted by atomic mass is 32.1. The van der Waals surface area contributed by atoms with E-state index in [4.69, 9.17) is 9.47 Å². The van der Waals surface area contributed by atoms with Crippen LogP contribution in [0.1, 0.15) is 40.5 Å². The molecule has 2 aromatic rings. The first-order valence-electron chi connectivity index (χ1n) is 9.97. The first-order chi connectivity index (χ1) is 14.5. The second kappa shape index (κ2) is 10.4. The average molecular weight is 431 g/mol. The lowest BCUT2D eigenvalue weighted by Crippen LogP contribution is -2.40. The third-order valence-corrected chi connectivity index (χ3v) is 5.94. The van der Waals surface area contributed by atoms with E-state index in [1.165, 1.54) is 11.3 Å². The van der Waals surface area contributed by atoms with Gasteiger partial charge in [0.25, 0.3) is 0 Å². The van der Waals surface area contributed by atoms with Gasteiger partial charge in [0, 0.05) is 11.5 Å². The number of benzene rings is 1. The first-order valence-corrected chi connectivity index (χ1v) is 10.8. The highest BCUT2D eigenvalue weighted by Crippen LogP contribution is 2.25. The maximum Gasteiger partial charge on any atom is 0.341 e. The number of piperidine rings is 1. The quantitative estimate of drug-likeness (QED) is 0.510. The van der Waals surface area contributed by atoms with Crippen LogP contribution in [0.4, 0.5) is 5.00 Å². The fourth-order valence-corrected chi connectivity index (χ4v) is 4.28. The summed E-state index contributed by atoms with van der Waals surface area (Å²) in [6.45, 7) is 3.60. The van der Waals surface area contributed by atoms with Crippen molar-refractivity contribution in [3.8, 4) is 5.75 Å². The van der Waals surface area contributed by atoms with Crippen molar-refractivity contribution in [2.24, 2.45) is 5.92 Å². The van der Waals surface area contributed by atoms with Crippen LogP contribution in [0.25, 0.3) is 0 Å². The Hall–Kier alpha value is -2.71. The topological polar surface area (TPSA) is 84.9 Å². The predicted molar refractivity (Wildman–Crippen MR) is 115 cm³/mol. The molecule has 3 rings (SSSR count). The summed E-state index contributed by atoms with van der Waals surface area (Å²) in [4.78, 5) is 39.1. The zero-order chi connectivity index (χ0) is 21.5. The number of nitrogens with zero attached hydrogens (tertiary/aromatic N) is 1. The molecule has 0 unspecified atom stereocenters. The molecule has 1 fully saturated rings. The van der Waals surface area contributed by atoms with E-state index in [9.17, 15) is 14.4 Å². The number of esters is 1. The van der Waals surface area contributed by atoms with Gasteiger partial charge in [0.1, 0.15) is 10.8 Å². The van der Waals surface area contributed by atoms with Crippen LogP contribution >= 0.6 is 11.3 Å². The summed E-state index contributed by atoms with van der Waals surface area (Å²) in [7, 11) is 1.60. The lowest BCUT2D eigenvalue weighted by atomic mass is 9.89. The number of methoxy groups -OCH3 is 1. The van der Waals surface area contributed by atoms with E-state index in [0.29, 0.717) is 42.1 Å². The van der Waals surface area contributed by atoms with Crippen molar-refractivity contribution < 1.29 is 23.9 Å². The zero-order valence-electron chi connectivity index (χ0n) is 17.2. The van der Waals surface area contributed by atoms with Gasteiger partial charge in [-0.2, -0.15) is 0 Å². The van der Waals surface area contributed by atoms with E-state index in [2.05, 4.69) is 5.32 Å². The number of nitrogens with one attached hydrogen (secondary N) is 1. The molecule has 0 saturated carbocycles. The lowest BCUT2D eigenvalue weighted by Gasteiger charge is -2.30. The maximum atomic E-state index is 12.7. The third-order valence-electron chi connectivity index (χ3n) is 5.11. The van der Waals surface area contributed by atoms with Crippen molar-refractivity contribution >= 4 is 34.0 Å². The fraction of sp³-hybridized carbons (Fsp3) is 0.409. The number of carbonyl (C=O) groups is 3. The zero-order valence-corrected chi connectivity index (χ0v) is 18.0. The van der Waals surface area contributed by atoms with Crippen molar-refractivity contribution in [2.45, 2.75) is 19.8 Å². The Balaban J connectivity index is 1.48. The van der Waals surface area contributed by atoms with Crippen LogP contribution in [0, 0.1) is 5.92 Å². The van der Waals surface area contributed by atoms with Crippen LogP contribution < -0.4 is 10.1 Å². The highest BCUT2D eigenvalue weighted by Gasteiger charge is 2.27. The van der Waals surface area contributed by atoms with Gasteiger partial charge in [0.2, 0.25) is 5.91 Å². The molecule has 0 aliphatic carbocycles. The summed E-state index contributed by atoms with van der Waals surface area (Å²) in [5.41, 5.74) is 1.06. The number of anilines is 1. The summed E-state index contributed by atoms with van der Waals surface area (Å²) in [6.07, 6.45) is 1.43. The van der Waals surface area contributed by atoms with Gasteiger partial charge in [-0.25, -0.2) is 4.79 Å². The third kappa shape index (κ3) is 5.46. The van der Waals surface area contributed by atoms with Crippen molar-refractivity contribution in [1.82, 2.24) is 4.90 Å². The molecule has 1 amide bonds. The van der Waals surface area contributed by atoms with Crippen molar-refractivity contribution in [3.05, 3.63) is 46.8 Å². The van der Waals surface area contributed by atoms with Crippen molar-refractivity contribution in [2.75, 3.05) is 38.7 Å². The number of hydrogen-bond donors (Lipinski definition) is 1. The van der Waals surface area contributed by atoms with Crippen molar-refractivity contribution in [1.29, 1.82) is 0 Å². The molecule has 160 valence electrons. The molecule has 0 bridgehead atoms. The van der Waals surface area contributed by atoms with E-state index in [0.717, 1.165) is 5.75 Å². The molecule has 1 aromatic heterocycles. The molecule has 1 aromatic carbocycles. The Morgan fingerprint density at radius 1 is 1.13 bits per heavy atom. The Morgan fingerprint density at radius 3 is 2.47 bits per heavy atom. The molecular weight excluding hydrogens is 404 g/mol. The van der Waals surface area contributed by atoms with Gasteiger partial charge in [0.15, 0.2) is 5.78 Å². The summed E-state index contributed by atoms with van der Waals surface area (Å²) < 4.78 is 10.1. The normalized spacial score (nSPS) is 14.9. The number of Topliss-reactive ketones (excluding diaryl/α,β-unsaturated/α-hetero) is 1. The van der Waals surface area contributed by atoms with Gasteiger partial charge in [-0.1, -0.05) is 0 Å². The van der Waals surface area contributed by atoms with Crippen molar-refractivity contribution in [3.63, 3.8) is 0 Å². The van der Waals surface area contributed by atoms with Gasteiger partial charge in [0.05, 0.1) is 25.8 Å².